The minimum absolute atomic E-state index is 0.230. The summed E-state index contributed by atoms with van der Waals surface area (Å²) in [7, 11) is 0. The molecule has 2 aliphatic rings. The molecule has 3 nitrogen and oxygen atoms in total. The van der Waals surface area contributed by atoms with Crippen LogP contribution in [-0.2, 0) is 11.3 Å². The van der Waals surface area contributed by atoms with Gasteiger partial charge in [0, 0.05) is 30.7 Å². The Hall–Kier alpha value is -0.680. The molecule has 0 bridgehead atoms. The van der Waals surface area contributed by atoms with Crippen LogP contribution in [0.4, 0.5) is 4.39 Å². The molecule has 0 amide bonds. The van der Waals surface area contributed by atoms with Crippen LogP contribution in [0.1, 0.15) is 18.4 Å². The molecule has 1 N–H and O–H groups in total. The van der Waals surface area contributed by atoms with Crippen molar-refractivity contribution in [2.24, 2.45) is 0 Å². The number of hydrogen-bond acceptors (Lipinski definition) is 3. The summed E-state index contributed by atoms with van der Waals surface area (Å²) in [4.78, 5) is 2.52. The van der Waals surface area contributed by atoms with E-state index in [2.05, 4.69) is 10.2 Å². The van der Waals surface area contributed by atoms with E-state index in [9.17, 15) is 4.39 Å². The minimum atomic E-state index is -0.289. The van der Waals surface area contributed by atoms with Crippen LogP contribution in [0.3, 0.4) is 0 Å². The first kappa shape index (κ1) is 14.3. The van der Waals surface area contributed by atoms with Gasteiger partial charge in [0.15, 0.2) is 0 Å². The summed E-state index contributed by atoms with van der Waals surface area (Å²) in [6.45, 7) is 4.45. The first-order chi connectivity index (χ1) is 9.70. The molecule has 1 aromatic carbocycles. The first-order valence-corrected chi connectivity index (χ1v) is 7.60. The van der Waals surface area contributed by atoms with Gasteiger partial charge in [0.25, 0.3) is 0 Å². The molecule has 2 aliphatic heterocycles. The number of rotatable bonds is 4. The minimum Gasteiger partial charge on any atom is -0.374 e. The van der Waals surface area contributed by atoms with E-state index < -0.39 is 0 Å². The fraction of sp³-hybridized carbons (Fsp3) is 0.600. The van der Waals surface area contributed by atoms with Crippen molar-refractivity contribution in [2.45, 2.75) is 31.5 Å². The normalized spacial score (nSPS) is 26.7. The van der Waals surface area contributed by atoms with E-state index in [0.717, 1.165) is 25.3 Å². The van der Waals surface area contributed by atoms with Crippen LogP contribution >= 0.6 is 11.6 Å². The van der Waals surface area contributed by atoms with Crippen molar-refractivity contribution in [1.29, 1.82) is 0 Å². The van der Waals surface area contributed by atoms with Crippen LogP contribution in [0.25, 0.3) is 0 Å². The van der Waals surface area contributed by atoms with Crippen LogP contribution in [0, 0.1) is 5.82 Å². The second-order valence-corrected chi connectivity index (χ2v) is 6.09. The van der Waals surface area contributed by atoms with E-state index in [4.69, 9.17) is 16.3 Å². The fourth-order valence-electron chi connectivity index (χ4n) is 3.10. The Morgan fingerprint density at radius 2 is 2.30 bits per heavy atom. The van der Waals surface area contributed by atoms with Crippen LogP contribution in [-0.4, -0.2) is 43.3 Å². The third-order valence-electron chi connectivity index (χ3n) is 4.09. The van der Waals surface area contributed by atoms with Gasteiger partial charge in [-0.3, -0.25) is 4.90 Å². The Kier molecular flexibility index (Phi) is 4.56. The van der Waals surface area contributed by atoms with Gasteiger partial charge in [-0.25, -0.2) is 4.39 Å². The van der Waals surface area contributed by atoms with Crippen LogP contribution in [0.2, 0.25) is 5.02 Å². The molecule has 2 atom stereocenters. The summed E-state index contributed by atoms with van der Waals surface area (Å²) in [5.74, 6) is -0.289. The summed E-state index contributed by atoms with van der Waals surface area (Å²) < 4.78 is 19.1. The number of halogens is 2. The Morgan fingerprint density at radius 3 is 3.15 bits per heavy atom. The van der Waals surface area contributed by atoms with Crippen molar-refractivity contribution in [3.8, 4) is 0 Å². The van der Waals surface area contributed by atoms with E-state index in [-0.39, 0.29) is 11.9 Å². The van der Waals surface area contributed by atoms with E-state index in [1.165, 1.54) is 31.5 Å². The standard InChI is InChI=1S/C15H20ClFN2O/c16-12-4-11(5-13(17)6-12)7-18-8-15-9-19-3-1-2-14(19)10-20-15/h4-6,14-15,18H,1-3,7-10H2. The Balaban J connectivity index is 1.45. The van der Waals surface area contributed by atoms with Gasteiger partial charge in [0.1, 0.15) is 5.82 Å². The van der Waals surface area contributed by atoms with Gasteiger partial charge < -0.3 is 10.1 Å². The van der Waals surface area contributed by atoms with Crippen molar-refractivity contribution in [2.75, 3.05) is 26.2 Å². The monoisotopic (exact) mass is 298 g/mol. The maximum atomic E-state index is 13.2. The largest absolute Gasteiger partial charge is 0.374 e. The molecule has 5 heteroatoms. The molecular weight excluding hydrogens is 279 g/mol. The van der Waals surface area contributed by atoms with E-state index in [0.29, 0.717) is 17.6 Å². The average molecular weight is 299 g/mol. The van der Waals surface area contributed by atoms with Crippen LogP contribution < -0.4 is 5.32 Å². The van der Waals surface area contributed by atoms with Gasteiger partial charge in [0.2, 0.25) is 0 Å². The zero-order valence-corrected chi connectivity index (χ0v) is 12.2. The molecule has 0 aliphatic carbocycles. The van der Waals surface area contributed by atoms with E-state index >= 15 is 0 Å². The predicted octanol–water partition coefficient (Wildman–Crippen LogP) is 2.43. The zero-order valence-electron chi connectivity index (χ0n) is 11.4. The van der Waals surface area contributed by atoms with Crippen molar-refractivity contribution in [1.82, 2.24) is 10.2 Å². The van der Waals surface area contributed by atoms with Gasteiger partial charge in [0.05, 0.1) is 12.7 Å². The molecule has 2 fully saturated rings. The number of fused-ring (bicyclic) bond motifs is 1. The lowest BCUT2D eigenvalue weighted by Gasteiger charge is -2.35. The Bertz CT molecular complexity index is 451. The quantitative estimate of drug-likeness (QED) is 0.924. The summed E-state index contributed by atoms with van der Waals surface area (Å²) in [6.07, 6.45) is 2.78. The molecule has 0 radical (unpaired) electrons. The summed E-state index contributed by atoms with van der Waals surface area (Å²) in [6, 6.07) is 5.25. The second kappa shape index (κ2) is 6.39. The summed E-state index contributed by atoms with van der Waals surface area (Å²) in [5.41, 5.74) is 0.866. The molecule has 0 aromatic heterocycles. The third-order valence-corrected chi connectivity index (χ3v) is 4.30. The highest BCUT2D eigenvalue weighted by molar-refractivity contribution is 6.30. The summed E-state index contributed by atoms with van der Waals surface area (Å²) in [5, 5.41) is 3.77. The van der Waals surface area contributed by atoms with Crippen molar-refractivity contribution >= 4 is 11.6 Å². The second-order valence-electron chi connectivity index (χ2n) is 5.65. The smallest absolute Gasteiger partial charge is 0.125 e. The fourth-order valence-corrected chi connectivity index (χ4v) is 3.34. The molecule has 2 unspecified atom stereocenters. The molecule has 2 saturated heterocycles. The number of ether oxygens (including phenoxy) is 1. The number of benzene rings is 1. The maximum absolute atomic E-state index is 13.2. The highest BCUT2D eigenvalue weighted by Gasteiger charge is 2.31. The topological polar surface area (TPSA) is 24.5 Å². The summed E-state index contributed by atoms with van der Waals surface area (Å²) >= 11 is 5.84. The molecular formula is C15H20ClFN2O. The van der Waals surface area contributed by atoms with Crippen molar-refractivity contribution in [3.63, 3.8) is 0 Å². The number of nitrogens with one attached hydrogen (secondary N) is 1. The Morgan fingerprint density at radius 1 is 1.40 bits per heavy atom. The SMILES string of the molecule is Fc1cc(Cl)cc(CNCC2CN3CCCC3CO2)c1. The van der Waals surface area contributed by atoms with Gasteiger partial charge in [-0.15, -0.1) is 0 Å². The maximum Gasteiger partial charge on any atom is 0.125 e. The molecule has 20 heavy (non-hydrogen) atoms. The first-order valence-electron chi connectivity index (χ1n) is 7.22. The number of nitrogens with zero attached hydrogens (tertiary/aromatic N) is 1. The highest BCUT2D eigenvalue weighted by atomic mass is 35.5. The molecule has 2 heterocycles. The van der Waals surface area contributed by atoms with Crippen LogP contribution in [0.15, 0.2) is 18.2 Å². The van der Waals surface area contributed by atoms with Crippen molar-refractivity contribution in [3.05, 3.63) is 34.6 Å². The van der Waals surface area contributed by atoms with E-state index in [1.807, 2.05) is 0 Å². The van der Waals surface area contributed by atoms with Gasteiger partial charge >= 0.3 is 0 Å². The average Bonchev–Trinajstić information content (AvgIpc) is 2.85. The van der Waals surface area contributed by atoms with Gasteiger partial charge in [-0.1, -0.05) is 11.6 Å². The number of morpholine rings is 1. The van der Waals surface area contributed by atoms with E-state index in [1.54, 1.807) is 6.07 Å². The van der Waals surface area contributed by atoms with Crippen LogP contribution in [0.5, 0.6) is 0 Å². The predicted molar refractivity (Wildman–Crippen MR) is 77.5 cm³/mol. The molecule has 0 spiro atoms. The number of hydrogen-bond donors (Lipinski definition) is 1. The highest BCUT2D eigenvalue weighted by Crippen LogP contribution is 2.22. The zero-order chi connectivity index (χ0) is 13.9. The van der Waals surface area contributed by atoms with Gasteiger partial charge in [-0.05, 0) is 43.1 Å². The lowest BCUT2D eigenvalue weighted by atomic mass is 10.2. The molecule has 0 saturated carbocycles. The lowest BCUT2D eigenvalue weighted by Crippen LogP contribution is -2.49. The van der Waals surface area contributed by atoms with Crippen molar-refractivity contribution < 1.29 is 9.13 Å². The third kappa shape index (κ3) is 3.50. The lowest BCUT2D eigenvalue weighted by molar-refractivity contribution is -0.0470. The van der Waals surface area contributed by atoms with Gasteiger partial charge in [-0.2, -0.15) is 0 Å². The molecule has 3 rings (SSSR count). The molecule has 110 valence electrons. The Labute approximate surface area is 124 Å². The molecule has 1 aromatic rings.